The monoisotopic (exact) mass is 196 g/mol. The molecule has 1 fully saturated rings. The Hall–Kier alpha value is -1.17. The lowest BCUT2D eigenvalue weighted by atomic mass is 10.1. The van der Waals surface area contributed by atoms with Gasteiger partial charge >= 0.3 is 11.9 Å². The predicted molar refractivity (Wildman–Crippen MR) is 52.4 cm³/mol. The summed E-state index contributed by atoms with van der Waals surface area (Å²) in [6, 6.07) is 0. The van der Waals surface area contributed by atoms with Crippen LogP contribution < -0.4 is 0 Å². The topological polar surface area (TPSA) is 35.5 Å². The molecule has 0 atom stereocenters. The molecule has 1 aliphatic heterocycles. The van der Waals surface area contributed by atoms with Crippen molar-refractivity contribution in [3.05, 3.63) is 0 Å². The summed E-state index contributed by atoms with van der Waals surface area (Å²) in [6.07, 6.45) is 1.83. The van der Waals surface area contributed by atoms with Gasteiger partial charge in [0.2, 0.25) is 0 Å². The van der Waals surface area contributed by atoms with Gasteiger partial charge in [-0.15, -0.1) is 0 Å². The SMILES string of the molecule is CCC1(C#CCCC(C)C)OC(=O)O1. The molecular formula is C11H16O3. The third kappa shape index (κ3) is 2.66. The molecule has 14 heavy (non-hydrogen) atoms. The number of rotatable bonds is 3. The van der Waals surface area contributed by atoms with Gasteiger partial charge in [-0.25, -0.2) is 4.79 Å². The molecule has 0 aromatic heterocycles. The molecular weight excluding hydrogens is 180 g/mol. The van der Waals surface area contributed by atoms with Crippen molar-refractivity contribution in [3.8, 4) is 11.8 Å². The molecule has 0 aliphatic carbocycles. The van der Waals surface area contributed by atoms with Gasteiger partial charge in [0.15, 0.2) is 0 Å². The number of cyclic esters (lactones) is 2. The van der Waals surface area contributed by atoms with Crippen molar-refractivity contribution in [2.45, 2.75) is 45.8 Å². The van der Waals surface area contributed by atoms with E-state index in [-0.39, 0.29) is 0 Å². The Kier molecular flexibility index (Phi) is 3.40. The second-order valence-electron chi connectivity index (χ2n) is 3.79. The predicted octanol–water partition coefficient (Wildman–Crippen LogP) is 2.70. The Morgan fingerprint density at radius 1 is 1.43 bits per heavy atom. The van der Waals surface area contributed by atoms with Crippen LogP contribution in [0.4, 0.5) is 4.79 Å². The zero-order valence-corrected chi connectivity index (χ0v) is 8.92. The van der Waals surface area contributed by atoms with E-state index in [0.29, 0.717) is 12.3 Å². The van der Waals surface area contributed by atoms with Gasteiger partial charge in [0.25, 0.3) is 0 Å². The Morgan fingerprint density at radius 3 is 2.50 bits per heavy atom. The molecule has 0 saturated carbocycles. The van der Waals surface area contributed by atoms with Crippen LogP contribution in [0.25, 0.3) is 0 Å². The van der Waals surface area contributed by atoms with Crippen molar-refractivity contribution in [2.24, 2.45) is 5.92 Å². The first-order valence-corrected chi connectivity index (χ1v) is 5.00. The van der Waals surface area contributed by atoms with Crippen molar-refractivity contribution in [3.63, 3.8) is 0 Å². The molecule has 0 aromatic carbocycles. The van der Waals surface area contributed by atoms with Gasteiger partial charge in [0, 0.05) is 12.8 Å². The summed E-state index contributed by atoms with van der Waals surface area (Å²) in [5.74, 6) is 5.54. The highest BCUT2D eigenvalue weighted by atomic mass is 16.9. The van der Waals surface area contributed by atoms with Crippen LogP contribution in [-0.2, 0) is 9.47 Å². The first kappa shape index (κ1) is 10.9. The first-order valence-electron chi connectivity index (χ1n) is 5.00. The van der Waals surface area contributed by atoms with Crippen LogP contribution in [0.2, 0.25) is 0 Å². The van der Waals surface area contributed by atoms with Crippen LogP contribution in [0, 0.1) is 17.8 Å². The number of ether oxygens (including phenoxy) is 2. The molecule has 0 radical (unpaired) electrons. The van der Waals surface area contributed by atoms with Gasteiger partial charge in [-0.3, -0.25) is 0 Å². The summed E-state index contributed by atoms with van der Waals surface area (Å²) >= 11 is 0. The highest BCUT2D eigenvalue weighted by Crippen LogP contribution is 2.27. The van der Waals surface area contributed by atoms with Crippen molar-refractivity contribution in [2.75, 3.05) is 0 Å². The van der Waals surface area contributed by atoms with Gasteiger partial charge in [-0.05, 0) is 18.3 Å². The summed E-state index contributed by atoms with van der Waals surface area (Å²) in [7, 11) is 0. The lowest BCUT2D eigenvalue weighted by Crippen LogP contribution is -2.48. The third-order valence-corrected chi connectivity index (χ3v) is 2.09. The second kappa shape index (κ2) is 4.36. The maximum Gasteiger partial charge on any atom is 0.516 e. The Balaban J connectivity index is 2.37. The maximum atomic E-state index is 10.5. The fraction of sp³-hybridized carbons (Fsp3) is 0.727. The minimum Gasteiger partial charge on any atom is -0.379 e. The van der Waals surface area contributed by atoms with E-state index in [1.807, 2.05) is 6.92 Å². The van der Waals surface area contributed by atoms with Crippen LogP contribution in [0.15, 0.2) is 0 Å². The number of hydrogen-bond acceptors (Lipinski definition) is 3. The molecule has 3 heteroatoms. The maximum absolute atomic E-state index is 10.5. The highest BCUT2D eigenvalue weighted by molar-refractivity contribution is 5.67. The fourth-order valence-electron chi connectivity index (χ4n) is 1.12. The summed E-state index contributed by atoms with van der Waals surface area (Å²) in [4.78, 5) is 10.5. The summed E-state index contributed by atoms with van der Waals surface area (Å²) in [5, 5.41) is 0. The molecule has 1 heterocycles. The lowest BCUT2D eigenvalue weighted by molar-refractivity contribution is -0.234. The Labute approximate surface area is 84.8 Å². The largest absolute Gasteiger partial charge is 0.516 e. The first-order chi connectivity index (χ1) is 6.58. The van der Waals surface area contributed by atoms with Crippen molar-refractivity contribution < 1.29 is 14.3 Å². The van der Waals surface area contributed by atoms with Gasteiger partial charge in [-0.1, -0.05) is 26.7 Å². The second-order valence-corrected chi connectivity index (χ2v) is 3.79. The molecule has 3 nitrogen and oxygen atoms in total. The van der Waals surface area contributed by atoms with Crippen LogP contribution in [0.3, 0.4) is 0 Å². The molecule has 0 spiro atoms. The molecule has 78 valence electrons. The zero-order valence-electron chi connectivity index (χ0n) is 8.92. The van der Waals surface area contributed by atoms with Gasteiger partial charge in [0.05, 0.1) is 0 Å². The summed E-state index contributed by atoms with van der Waals surface area (Å²) in [6.45, 7) is 6.18. The fourth-order valence-corrected chi connectivity index (χ4v) is 1.12. The van der Waals surface area contributed by atoms with E-state index in [1.54, 1.807) is 0 Å². The number of carbonyl (C=O) groups excluding carboxylic acids is 1. The average molecular weight is 196 g/mol. The van der Waals surface area contributed by atoms with Gasteiger partial charge < -0.3 is 9.47 Å². The van der Waals surface area contributed by atoms with E-state index < -0.39 is 11.9 Å². The van der Waals surface area contributed by atoms with Crippen molar-refractivity contribution in [1.82, 2.24) is 0 Å². The van der Waals surface area contributed by atoms with Crippen LogP contribution in [0.5, 0.6) is 0 Å². The Morgan fingerprint density at radius 2 is 2.07 bits per heavy atom. The molecule has 1 saturated heterocycles. The third-order valence-electron chi connectivity index (χ3n) is 2.09. The molecule has 0 N–H and O–H groups in total. The highest BCUT2D eigenvalue weighted by Gasteiger charge is 2.45. The van der Waals surface area contributed by atoms with E-state index >= 15 is 0 Å². The smallest absolute Gasteiger partial charge is 0.379 e. The standard InChI is InChI=1S/C11H16O3/c1-4-11(13-10(12)14-11)8-6-5-7-9(2)3/h9H,4-5,7H2,1-3H3. The lowest BCUT2D eigenvalue weighted by Gasteiger charge is -2.33. The quantitative estimate of drug-likeness (QED) is 0.514. The van der Waals surface area contributed by atoms with E-state index in [0.717, 1.165) is 12.8 Å². The number of hydrogen-bond donors (Lipinski definition) is 0. The van der Waals surface area contributed by atoms with E-state index in [2.05, 4.69) is 25.7 Å². The zero-order chi connectivity index (χ0) is 10.6. The van der Waals surface area contributed by atoms with Crippen LogP contribution >= 0.6 is 0 Å². The normalized spacial score (nSPS) is 17.6. The molecule has 0 amide bonds. The minimum absolute atomic E-state index is 0.577. The van der Waals surface area contributed by atoms with E-state index in [4.69, 9.17) is 9.47 Å². The summed E-state index contributed by atoms with van der Waals surface area (Å²) in [5.41, 5.74) is 0. The van der Waals surface area contributed by atoms with Crippen molar-refractivity contribution >= 4 is 6.16 Å². The molecule has 0 bridgehead atoms. The molecule has 1 aliphatic rings. The minimum atomic E-state index is -0.936. The Bertz CT molecular complexity index is 262. The average Bonchev–Trinajstić information content (AvgIpc) is 2.08. The van der Waals surface area contributed by atoms with Crippen molar-refractivity contribution in [1.29, 1.82) is 0 Å². The van der Waals surface area contributed by atoms with E-state index in [9.17, 15) is 4.79 Å². The van der Waals surface area contributed by atoms with Gasteiger partial charge in [-0.2, -0.15) is 0 Å². The molecule has 0 aromatic rings. The van der Waals surface area contributed by atoms with E-state index in [1.165, 1.54) is 0 Å². The van der Waals surface area contributed by atoms with Crippen LogP contribution in [-0.4, -0.2) is 11.9 Å². The number of carbonyl (C=O) groups is 1. The van der Waals surface area contributed by atoms with Crippen LogP contribution in [0.1, 0.15) is 40.0 Å². The van der Waals surface area contributed by atoms with Gasteiger partial charge in [0.1, 0.15) is 0 Å². The summed E-state index contributed by atoms with van der Waals surface area (Å²) < 4.78 is 9.70. The molecule has 1 rings (SSSR count). The molecule has 0 unspecified atom stereocenters.